The quantitative estimate of drug-likeness (QED) is 0.546. The summed E-state index contributed by atoms with van der Waals surface area (Å²) in [6, 6.07) is 11.1. The zero-order valence-corrected chi connectivity index (χ0v) is 12.5. The number of hydrogen-bond donors (Lipinski definition) is 0. The van der Waals surface area contributed by atoms with Gasteiger partial charge in [0.1, 0.15) is 17.9 Å². The van der Waals surface area contributed by atoms with Gasteiger partial charge < -0.3 is 9.15 Å². The van der Waals surface area contributed by atoms with Gasteiger partial charge in [-0.1, -0.05) is 31.2 Å². The predicted octanol–water partition coefficient (Wildman–Crippen LogP) is 3.48. The van der Waals surface area contributed by atoms with Crippen molar-refractivity contribution >= 4 is 27.5 Å². The molecule has 0 saturated heterocycles. The van der Waals surface area contributed by atoms with Crippen LogP contribution < -0.4 is 10.4 Å². The molecule has 112 valence electrons. The van der Waals surface area contributed by atoms with Crippen LogP contribution in [-0.4, -0.2) is 12.4 Å². The van der Waals surface area contributed by atoms with Crippen molar-refractivity contribution in [2.24, 2.45) is 0 Å². The Morgan fingerprint density at radius 2 is 1.91 bits per heavy atom. The molecule has 0 atom stereocenters. The third kappa shape index (κ3) is 2.48. The summed E-state index contributed by atoms with van der Waals surface area (Å²) in [6.45, 7) is 3.46. The first-order chi connectivity index (χ1) is 10.6. The van der Waals surface area contributed by atoms with Crippen LogP contribution in [0.1, 0.15) is 19.4 Å². The Morgan fingerprint density at radius 1 is 1.14 bits per heavy atom. The molecule has 0 radical (unpaired) electrons. The van der Waals surface area contributed by atoms with Gasteiger partial charge in [-0.15, -0.1) is 0 Å². The van der Waals surface area contributed by atoms with Crippen LogP contribution in [0.25, 0.3) is 21.7 Å². The molecule has 1 aromatic heterocycles. The summed E-state index contributed by atoms with van der Waals surface area (Å²) in [6.07, 6.45) is 0.896. The second-order valence-corrected chi connectivity index (χ2v) is 5.23. The normalized spacial score (nSPS) is 11.0. The highest BCUT2D eigenvalue weighted by molar-refractivity contribution is 6.07. The van der Waals surface area contributed by atoms with E-state index in [1.165, 1.54) is 18.6 Å². The molecular formula is C18H16O4. The lowest BCUT2D eigenvalue weighted by molar-refractivity contribution is -0.118. The Morgan fingerprint density at radius 3 is 2.64 bits per heavy atom. The first-order valence-electron chi connectivity index (χ1n) is 7.21. The Bertz CT molecular complexity index is 921. The van der Waals surface area contributed by atoms with Crippen LogP contribution in [0.5, 0.6) is 5.75 Å². The Hall–Kier alpha value is -2.62. The van der Waals surface area contributed by atoms with Crippen molar-refractivity contribution in [3.63, 3.8) is 0 Å². The second-order valence-electron chi connectivity index (χ2n) is 5.23. The van der Waals surface area contributed by atoms with E-state index in [2.05, 4.69) is 13.0 Å². The Balaban J connectivity index is 2.30. The maximum atomic E-state index is 11.8. The van der Waals surface area contributed by atoms with Gasteiger partial charge in [-0.3, -0.25) is 4.79 Å². The largest absolute Gasteiger partial charge is 0.485 e. The Kier molecular flexibility index (Phi) is 3.67. The van der Waals surface area contributed by atoms with Crippen LogP contribution in [0, 0.1) is 0 Å². The zero-order chi connectivity index (χ0) is 15.7. The number of benzene rings is 2. The van der Waals surface area contributed by atoms with Crippen molar-refractivity contribution in [1.29, 1.82) is 0 Å². The molecule has 0 spiro atoms. The summed E-state index contributed by atoms with van der Waals surface area (Å²) in [5.41, 5.74) is 1.21. The minimum absolute atomic E-state index is 0.0639. The number of aryl methyl sites for hydroxylation is 1. The molecule has 0 N–H and O–H groups in total. The molecular weight excluding hydrogens is 280 g/mol. The first-order valence-corrected chi connectivity index (χ1v) is 7.21. The van der Waals surface area contributed by atoms with E-state index >= 15 is 0 Å². The summed E-state index contributed by atoms with van der Waals surface area (Å²) in [7, 11) is 0. The van der Waals surface area contributed by atoms with E-state index in [9.17, 15) is 9.59 Å². The third-order valence-corrected chi connectivity index (χ3v) is 3.63. The topological polar surface area (TPSA) is 56.5 Å². The summed E-state index contributed by atoms with van der Waals surface area (Å²) in [5.74, 6) is 0.278. The maximum Gasteiger partial charge on any atom is 0.339 e. The maximum absolute atomic E-state index is 11.8. The highest BCUT2D eigenvalue weighted by Crippen LogP contribution is 2.31. The summed E-state index contributed by atoms with van der Waals surface area (Å²) in [4.78, 5) is 22.9. The molecule has 0 saturated carbocycles. The number of rotatable bonds is 4. The SMILES string of the molecule is CCc1cccc2c1ccc1c(OCC(C)=O)cc(=O)oc12. The van der Waals surface area contributed by atoms with Crippen molar-refractivity contribution in [2.45, 2.75) is 20.3 Å². The molecule has 0 aliphatic carbocycles. The van der Waals surface area contributed by atoms with E-state index in [-0.39, 0.29) is 12.4 Å². The molecule has 4 nitrogen and oxygen atoms in total. The van der Waals surface area contributed by atoms with Crippen LogP contribution >= 0.6 is 0 Å². The number of Topliss-reactive ketones (excluding diaryl/α,β-unsaturated/α-hetero) is 1. The first kappa shape index (κ1) is 14.3. The molecule has 0 amide bonds. The lowest BCUT2D eigenvalue weighted by atomic mass is 10.0. The molecule has 0 unspecified atom stereocenters. The molecule has 2 aromatic carbocycles. The van der Waals surface area contributed by atoms with Gasteiger partial charge in [0.15, 0.2) is 5.78 Å². The van der Waals surface area contributed by atoms with Crippen LogP contribution in [0.2, 0.25) is 0 Å². The average molecular weight is 296 g/mol. The van der Waals surface area contributed by atoms with Crippen LogP contribution in [0.15, 0.2) is 45.6 Å². The fourth-order valence-electron chi connectivity index (χ4n) is 2.62. The fraction of sp³-hybridized carbons (Fsp3) is 0.222. The smallest absolute Gasteiger partial charge is 0.339 e. The molecule has 3 aromatic rings. The van der Waals surface area contributed by atoms with E-state index in [0.29, 0.717) is 16.7 Å². The van der Waals surface area contributed by atoms with Crippen LogP contribution in [0.4, 0.5) is 0 Å². The van der Waals surface area contributed by atoms with Crippen molar-refractivity contribution in [2.75, 3.05) is 6.61 Å². The molecule has 22 heavy (non-hydrogen) atoms. The average Bonchev–Trinajstić information content (AvgIpc) is 2.51. The van der Waals surface area contributed by atoms with E-state index in [4.69, 9.17) is 9.15 Å². The van der Waals surface area contributed by atoms with Crippen molar-refractivity contribution in [3.8, 4) is 5.75 Å². The van der Waals surface area contributed by atoms with E-state index in [1.807, 2.05) is 24.3 Å². The molecule has 0 fully saturated rings. The molecule has 1 heterocycles. The molecule has 4 heteroatoms. The van der Waals surface area contributed by atoms with E-state index < -0.39 is 5.63 Å². The molecule has 0 aliphatic heterocycles. The molecule has 0 bridgehead atoms. The number of hydrogen-bond acceptors (Lipinski definition) is 4. The van der Waals surface area contributed by atoms with E-state index in [0.717, 1.165) is 17.2 Å². The lowest BCUT2D eigenvalue weighted by Gasteiger charge is -2.10. The minimum Gasteiger partial charge on any atom is -0.485 e. The van der Waals surface area contributed by atoms with Crippen molar-refractivity contribution < 1.29 is 13.9 Å². The van der Waals surface area contributed by atoms with E-state index in [1.54, 1.807) is 0 Å². The van der Waals surface area contributed by atoms with Gasteiger partial charge in [0.2, 0.25) is 0 Å². The lowest BCUT2D eigenvalue weighted by Crippen LogP contribution is -2.09. The van der Waals surface area contributed by atoms with Gasteiger partial charge in [0, 0.05) is 5.39 Å². The fourth-order valence-corrected chi connectivity index (χ4v) is 2.62. The molecule has 0 aliphatic rings. The third-order valence-electron chi connectivity index (χ3n) is 3.63. The standard InChI is InChI=1S/C18H16O4/c1-3-12-5-4-6-14-13(12)7-8-15-16(21-10-11(2)19)9-17(20)22-18(14)15/h4-9H,3,10H2,1-2H3. The second kappa shape index (κ2) is 5.64. The van der Waals surface area contributed by atoms with Crippen LogP contribution in [-0.2, 0) is 11.2 Å². The predicted molar refractivity (Wildman–Crippen MR) is 85.5 cm³/mol. The minimum atomic E-state index is -0.486. The van der Waals surface area contributed by atoms with Gasteiger partial charge in [0.25, 0.3) is 0 Å². The monoisotopic (exact) mass is 296 g/mol. The van der Waals surface area contributed by atoms with Crippen molar-refractivity contribution in [3.05, 3.63) is 52.4 Å². The van der Waals surface area contributed by atoms with Gasteiger partial charge >= 0.3 is 5.63 Å². The Labute approximate surface area is 127 Å². The van der Waals surface area contributed by atoms with Gasteiger partial charge in [-0.2, -0.15) is 0 Å². The highest BCUT2D eigenvalue weighted by atomic mass is 16.5. The number of ether oxygens (including phenoxy) is 1. The summed E-state index contributed by atoms with van der Waals surface area (Å²) in [5, 5.41) is 2.63. The summed E-state index contributed by atoms with van der Waals surface area (Å²) < 4.78 is 10.9. The highest BCUT2D eigenvalue weighted by Gasteiger charge is 2.12. The van der Waals surface area contributed by atoms with Crippen molar-refractivity contribution in [1.82, 2.24) is 0 Å². The van der Waals surface area contributed by atoms with Crippen LogP contribution in [0.3, 0.4) is 0 Å². The van der Waals surface area contributed by atoms with Gasteiger partial charge in [-0.25, -0.2) is 4.79 Å². The molecule has 3 rings (SSSR count). The number of fused-ring (bicyclic) bond motifs is 3. The van der Waals surface area contributed by atoms with Gasteiger partial charge in [0.05, 0.1) is 11.5 Å². The number of ketones is 1. The summed E-state index contributed by atoms with van der Waals surface area (Å²) >= 11 is 0. The number of carbonyl (C=O) groups is 1. The number of carbonyl (C=O) groups excluding carboxylic acids is 1. The zero-order valence-electron chi connectivity index (χ0n) is 12.5. The van der Waals surface area contributed by atoms with Gasteiger partial charge in [-0.05, 0) is 30.4 Å².